The number of fused-ring (bicyclic) bond motifs is 1. The molecule has 4 nitrogen and oxygen atoms in total. The van der Waals surface area contributed by atoms with E-state index in [1.165, 1.54) is 0 Å². The molecule has 1 aromatic heterocycles. The molecule has 0 saturated heterocycles. The van der Waals surface area contributed by atoms with Crippen LogP contribution in [0.3, 0.4) is 0 Å². The summed E-state index contributed by atoms with van der Waals surface area (Å²) in [7, 11) is 0. The predicted molar refractivity (Wildman–Crippen MR) is 68.7 cm³/mol. The van der Waals surface area contributed by atoms with E-state index in [1.807, 2.05) is 6.07 Å². The highest BCUT2D eigenvalue weighted by molar-refractivity contribution is 5.88. The van der Waals surface area contributed by atoms with Gasteiger partial charge in [-0.05, 0) is 32.9 Å². The summed E-state index contributed by atoms with van der Waals surface area (Å²) in [4.78, 5) is 2.27. The summed E-state index contributed by atoms with van der Waals surface area (Å²) >= 11 is 0. The molecule has 0 aliphatic rings. The second kappa shape index (κ2) is 4.04. The van der Waals surface area contributed by atoms with Gasteiger partial charge in [0.05, 0.1) is 23.1 Å². The third-order valence-electron chi connectivity index (χ3n) is 2.86. The van der Waals surface area contributed by atoms with Crippen molar-refractivity contribution < 1.29 is 0 Å². The summed E-state index contributed by atoms with van der Waals surface area (Å²) in [6, 6.07) is 4.48. The van der Waals surface area contributed by atoms with Gasteiger partial charge in [-0.3, -0.25) is 5.10 Å². The number of anilines is 2. The summed E-state index contributed by atoms with van der Waals surface area (Å²) in [5, 5.41) is 8.04. The third-order valence-corrected chi connectivity index (χ3v) is 2.86. The highest BCUT2D eigenvalue weighted by Gasteiger charge is 2.12. The van der Waals surface area contributed by atoms with Crippen LogP contribution in [0.25, 0.3) is 10.9 Å². The van der Waals surface area contributed by atoms with Crippen molar-refractivity contribution in [3.63, 3.8) is 0 Å². The SMILES string of the molecule is CCN(c1cc2[nH]ncc2cc1N)C(C)C. The van der Waals surface area contributed by atoms with E-state index < -0.39 is 0 Å². The van der Waals surface area contributed by atoms with Crippen molar-refractivity contribution in [1.29, 1.82) is 0 Å². The molecule has 1 aromatic carbocycles. The number of aromatic amines is 1. The predicted octanol–water partition coefficient (Wildman–Crippen LogP) is 2.38. The van der Waals surface area contributed by atoms with Gasteiger partial charge in [-0.1, -0.05) is 0 Å². The van der Waals surface area contributed by atoms with Crippen LogP contribution in [0.5, 0.6) is 0 Å². The van der Waals surface area contributed by atoms with E-state index in [1.54, 1.807) is 6.20 Å². The van der Waals surface area contributed by atoms with Gasteiger partial charge in [-0.25, -0.2) is 0 Å². The van der Waals surface area contributed by atoms with Crippen LogP contribution < -0.4 is 10.6 Å². The molecule has 0 radical (unpaired) electrons. The zero-order valence-corrected chi connectivity index (χ0v) is 9.99. The van der Waals surface area contributed by atoms with Crippen molar-refractivity contribution >= 4 is 22.3 Å². The van der Waals surface area contributed by atoms with Crippen LogP contribution in [-0.2, 0) is 0 Å². The minimum atomic E-state index is 0.438. The second-order valence-corrected chi connectivity index (χ2v) is 4.25. The quantitative estimate of drug-likeness (QED) is 0.778. The molecule has 0 unspecified atom stereocenters. The summed E-state index contributed by atoms with van der Waals surface area (Å²) < 4.78 is 0. The first kappa shape index (κ1) is 10.8. The Morgan fingerprint density at radius 3 is 2.81 bits per heavy atom. The van der Waals surface area contributed by atoms with Crippen molar-refractivity contribution in [3.8, 4) is 0 Å². The van der Waals surface area contributed by atoms with Crippen LogP contribution in [0.15, 0.2) is 18.3 Å². The van der Waals surface area contributed by atoms with Gasteiger partial charge in [0.2, 0.25) is 0 Å². The van der Waals surface area contributed by atoms with E-state index in [9.17, 15) is 0 Å². The third kappa shape index (κ3) is 1.71. The molecule has 3 N–H and O–H groups in total. The second-order valence-electron chi connectivity index (χ2n) is 4.25. The molecule has 0 aliphatic carbocycles. The first-order valence-electron chi connectivity index (χ1n) is 5.62. The number of nitrogens with zero attached hydrogens (tertiary/aromatic N) is 2. The molecule has 0 bridgehead atoms. The lowest BCUT2D eigenvalue weighted by Crippen LogP contribution is -2.30. The van der Waals surface area contributed by atoms with Crippen molar-refractivity contribution in [2.75, 3.05) is 17.2 Å². The zero-order chi connectivity index (χ0) is 11.7. The minimum Gasteiger partial charge on any atom is -0.397 e. The number of aromatic nitrogens is 2. The topological polar surface area (TPSA) is 57.9 Å². The lowest BCUT2D eigenvalue weighted by molar-refractivity contribution is 0.705. The first-order chi connectivity index (χ1) is 7.63. The molecule has 86 valence electrons. The van der Waals surface area contributed by atoms with Crippen molar-refractivity contribution in [2.45, 2.75) is 26.8 Å². The number of nitrogen functional groups attached to an aromatic ring is 1. The normalized spacial score (nSPS) is 11.2. The van der Waals surface area contributed by atoms with Gasteiger partial charge in [0.15, 0.2) is 0 Å². The molecule has 2 aromatic rings. The molecule has 0 aliphatic heterocycles. The monoisotopic (exact) mass is 218 g/mol. The Labute approximate surface area is 95.4 Å². The molecule has 0 atom stereocenters. The van der Waals surface area contributed by atoms with Gasteiger partial charge in [-0.2, -0.15) is 5.10 Å². The molecular formula is C12H18N4. The van der Waals surface area contributed by atoms with E-state index in [-0.39, 0.29) is 0 Å². The summed E-state index contributed by atoms with van der Waals surface area (Å²) in [6.07, 6.45) is 1.79. The summed E-state index contributed by atoms with van der Waals surface area (Å²) in [5.41, 5.74) is 9.00. The molecule has 0 amide bonds. The Morgan fingerprint density at radius 2 is 2.19 bits per heavy atom. The van der Waals surface area contributed by atoms with Crippen LogP contribution in [0, 0.1) is 0 Å². The van der Waals surface area contributed by atoms with Crippen LogP contribution in [0.2, 0.25) is 0 Å². The van der Waals surface area contributed by atoms with Gasteiger partial charge >= 0.3 is 0 Å². The fourth-order valence-corrected chi connectivity index (χ4v) is 2.06. The molecule has 1 heterocycles. The number of H-pyrrole nitrogens is 1. The highest BCUT2D eigenvalue weighted by Crippen LogP contribution is 2.29. The molecule has 2 rings (SSSR count). The molecule has 4 heteroatoms. The Hall–Kier alpha value is -1.71. The molecular weight excluding hydrogens is 200 g/mol. The van der Waals surface area contributed by atoms with E-state index >= 15 is 0 Å². The highest BCUT2D eigenvalue weighted by atomic mass is 15.2. The Bertz CT molecular complexity index is 487. The van der Waals surface area contributed by atoms with Crippen molar-refractivity contribution in [3.05, 3.63) is 18.3 Å². The summed E-state index contributed by atoms with van der Waals surface area (Å²) in [5.74, 6) is 0. The minimum absolute atomic E-state index is 0.438. The van der Waals surface area contributed by atoms with E-state index in [0.717, 1.165) is 28.8 Å². The van der Waals surface area contributed by atoms with Gasteiger partial charge < -0.3 is 10.6 Å². The van der Waals surface area contributed by atoms with Crippen molar-refractivity contribution in [1.82, 2.24) is 10.2 Å². The smallest absolute Gasteiger partial charge is 0.0672 e. The Balaban J connectivity index is 2.53. The fraction of sp³-hybridized carbons (Fsp3) is 0.417. The van der Waals surface area contributed by atoms with Crippen LogP contribution in [0.1, 0.15) is 20.8 Å². The average Bonchev–Trinajstić information content (AvgIpc) is 2.65. The number of nitrogens with one attached hydrogen (secondary N) is 1. The lowest BCUT2D eigenvalue weighted by atomic mass is 10.1. The lowest BCUT2D eigenvalue weighted by Gasteiger charge is -2.28. The number of rotatable bonds is 3. The summed E-state index contributed by atoms with van der Waals surface area (Å²) in [6.45, 7) is 7.41. The van der Waals surface area contributed by atoms with Gasteiger partial charge in [0.25, 0.3) is 0 Å². The van der Waals surface area contributed by atoms with Crippen molar-refractivity contribution in [2.24, 2.45) is 0 Å². The average molecular weight is 218 g/mol. The van der Waals surface area contributed by atoms with Crippen LogP contribution in [0.4, 0.5) is 11.4 Å². The van der Waals surface area contributed by atoms with E-state index in [2.05, 4.69) is 41.9 Å². The van der Waals surface area contributed by atoms with E-state index in [4.69, 9.17) is 5.73 Å². The Morgan fingerprint density at radius 1 is 1.44 bits per heavy atom. The van der Waals surface area contributed by atoms with Gasteiger partial charge in [0.1, 0.15) is 0 Å². The van der Waals surface area contributed by atoms with Gasteiger partial charge in [0, 0.05) is 18.0 Å². The van der Waals surface area contributed by atoms with E-state index in [0.29, 0.717) is 6.04 Å². The molecule has 0 spiro atoms. The maximum Gasteiger partial charge on any atom is 0.0672 e. The Kier molecular flexibility index (Phi) is 2.73. The van der Waals surface area contributed by atoms with Gasteiger partial charge in [-0.15, -0.1) is 0 Å². The molecule has 16 heavy (non-hydrogen) atoms. The largest absolute Gasteiger partial charge is 0.397 e. The zero-order valence-electron chi connectivity index (χ0n) is 9.99. The number of hydrogen-bond acceptors (Lipinski definition) is 3. The maximum atomic E-state index is 6.08. The fourth-order valence-electron chi connectivity index (χ4n) is 2.06. The first-order valence-corrected chi connectivity index (χ1v) is 5.62. The molecule has 0 fully saturated rings. The number of benzene rings is 1. The standard InChI is InChI=1S/C12H18N4/c1-4-16(8(2)3)12-6-11-9(5-10(12)13)7-14-15-11/h5-8H,4,13H2,1-3H3,(H,14,15). The molecule has 0 saturated carbocycles. The van der Waals surface area contributed by atoms with Crippen LogP contribution in [-0.4, -0.2) is 22.8 Å². The van der Waals surface area contributed by atoms with Crippen LogP contribution >= 0.6 is 0 Å². The maximum absolute atomic E-state index is 6.08. The number of hydrogen-bond donors (Lipinski definition) is 2. The number of nitrogens with two attached hydrogens (primary N) is 1.